The Morgan fingerprint density at radius 1 is 1.41 bits per heavy atom. The summed E-state index contributed by atoms with van der Waals surface area (Å²) < 4.78 is 6.72. The number of hydrogen-bond acceptors (Lipinski definition) is 4. The summed E-state index contributed by atoms with van der Waals surface area (Å²) in [5.74, 6) is 1.51. The molecule has 0 saturated carbocycles. The van der Waals surface area contributed by atoms with Crippen LogP contribution in [0.1, 0.15) is 25.6 Å². The van der Waals surface area contributed by atoms with Crippen molar-refractivity contribution < 1.29 is 4.74 Å². The van der Waals surface area contributed by atoms with Gasteiger partial charge in [0, 0.05) is 25.6 Å². The van der Waals surface area contributed by atoms with Crippen LogP contribution in [0.15, 0.2) is 10.7 Å². The fraction of sp³-hybridized carbons (Fsp3) is 0.667. The average molecular weight is 300 g/mol. The summed E-state index contributed by atoms with van der Waals surface area (Å²) in [5.41, 5.74) is 0. The van der Waals surface area contributed by atoms with Crippen molar-refractivity contribution in [2.45, 2.75) is 32.3 Å². The van der Waals surface area contributed by atoms with Crippen molar-refractivity contribution in [2.75, 3.05) is 20.1 Å². The van der Waals surface area contributed by atoms with Crippen LogP contribution in [-0.4, -0.2) is 41.1 Å². The summed E-state index contributed by atoms with van der Waals surface area (Å²) in [5, 5.41) is 0. The quantitative estimate of drug-likeness (QED) is 0.803. The van der Waals surface area contributed by atoms with Gasteiger partial charge in [0.25, 0.3) is 0 Å². The highest BCUT2D eigenvalue weighted by Crippen LogP contribution is 2.19. The molecule has 0 aliphatic carbocycles. The Hall–Kier alpha value is -0.680. The molecule has 1 aliphatic heterocycles. The monoisotopic (exact) mass is 299 g/mol. The Kier molecular flexibility index (Phi) is 4.34. The molecule has 5 heteroatoms. The van der Waals surface area contributed by atoms with Gasteiger partial charge < -0.3 is 9.64 Å². The predicted molar refractivity (Wildman–Crippen MR) is 70.3 cm³/mol. The van der Waals surface area contributed by atoms with E-state index in [1.165, 1.54) is 0 Å². The third kappa shape index (κ3) is 3.64. The first-order chi connectivity index (χ1) is 8.17. The lowest BCUT2D eigenvalue weighted by Crippen LogP contribution is -2.35. The number of hydrogen-bond donors (Lipinski definition) is 0. The summed E-state index contributed by atoms with van der Waals surface area (Å²) in [6.07, 6.45) is 3.25. The molecule has 1 saturated heterocycles. The number of ether oxygens (including phenoxy) is 1. The molecule has 1 aromatic rings. The topological polar surface area (TPSA) is 38.2 Å². The third-order valence-electron chi connectivity index (χ3n) is 2.99. The number of rotatable bonds is 3. The first-order valence-corrected chi connectivity index (χ1v) is 6.85. The van der Waals surface area contributed by atoms with Gasteiger partial charge in [-0.05, 0) is 35.8 Å². The number of aromatic nitrogens is 2. The summed E-state index contributed by atoms with van der Waals surface area (Å²) in [7, 11) is 2.15. The number of piperidine rings is 1. The summed E-state index contributed by atoms with van der Waals surface area (Å²) in [4.78, 5) is 11.0. The number of nitrogens with zero attached hydrogens (tertiary/aromatic N) is 3. The normalized spacial score (nSPS) is 18.3. The molecule has 0 unspecified atom stereocenters. The molecular formula is C12H18BrN3O. The van der Waals surface area contributed by atoms with Gasteiger partial charge in [-0.25, -0.2) is 4.98 Å². The van der Waals surface area contributed by atoms with Crippen molar-refractivity contribution in [3.63, 3.8) is 0 Å². The van der Waals surface area contributed by atoms with E-state index in [0.717, 1.165) is 42.8 Å². The Morgan fingerprint density at radius 2 is 2.12 bits per heavy atom. The maximum Gasteiger partial charge on any atom is 0.217 e. The lowest BCUT2D eigenvalue weighted by Gasteiger charge is -2.28. The van der Waals surface area contributed by atoms with Gasteiger partial charge in [0.05, 0.1) is 0 Å². The van der Waals surface area contributed by atoms with E-state index in [-0.39, 0.29) is 6.10 Å². The van der Waals surface area contributed by atoms with Crippen LogP contribution in [0.4, 0.5) is 0 Å². The second-order valence-electron chi connectivity index (χ2n) is 4.42. The molecule has 4 nitrogen and oxygen atoms in total. The van der Waals surface area contributed by atoms with E-state index in [1.807, 2.05) is 13.0 Å². The molecule has 0 bridgehead atoms. The van der Waals surface area contributed by atoms with Crippen molar-refractivity contribution in [2.24, 2.45) is 0 Å². The number of likely N-dealkylation sites (tertiary alicyclic amines) is 1. The SMILES string of the molecule is CCc1nc(Br)cc(OC2CCN(C)CC2)n1. The second-order valence-corrected chi connectivity index (χ2v) is 5.23. The van der Waals surface area contributed by atoms with Crippen molar-refractivity contribution in [1.29, 1.82) is 0 Å². The number of aryl methyl sites for hydroxylation is 1. The molecule has 17 heavy (non-hydrogen) atoms. The van der Waals surface area contributed by atoms with Gasteiger partial charge in [-0.2, -0.15) is 4.98 Å². The summed E-state index contributed by atoms with van der Waals surface area (Å²) in [6.45, 7) is 4.23. The van der Waals surface area contributed by atoms with E-state index in [2.05, 4.69) is 37.8 Å². The molecule has 1 aliphatic rings. The maximum absolute atomic E-state index is 5.92. The summed E-state index contributed by atoms with van der Waals surface area (Å²) >= 11 is 3.39. The van der Waals surface area contributed by atoms with Crippen LogP contribution < -0.4 is 4.74 Å². The van der Waals surface area contributed by atoms with Crippen LogP contribution in [0.2, 0.25) is 0 Å². The van der Waals surface area contributed by atoms with E-state index >= 15 is 0 Å². The van der Waals surface area contributed by atoms with Crippen LogP contribution in [0, 0.1) is 0 Å². The number of halogens is 1. The first-order valence-electron chi connectivity index (χ1n) is 6.06. The molecule has 2 rings (SSSR count). The van der Waals surface area contributed by atoms with Gasteiger partial charge in [0.15, 0.2) is 0 Å². The molecule has 0 spiro atoms. The van der Waals surface area contributed by atoms with E-state index in [9.17, 15) is 0 Å². The van der Waals surface area contributed by atoms with Gasteiger partial charge in [-0.1, -0.05) is 6.92 Å². The molecule has 0 radical (unpaired) electrons. The van der Waals surface area contributed by atoms with E-state index in [1.54, 1.807) is 0 Å². The maximum atomic E-state index is 5.92. The molecule has 0 N–H and O–H groups in total. The van der Waals surface area contributed by atoms with E-state index < -0.39 is 0 Å². The summed E-state index contributed by atoms with van der Waals surface area (Å²) in [6, 6.07) is 1.84. The van der Waals surface area contributed by atoms with Crippen LogP contribution in [-0.2, 0) is 6.42 Å². The average Bonchev–Trinajstić information content (AvgIpc) is 2.31. The molecule has 0 aromatic carbocycles. The van der Waals surface area contributed by atoms with Crippen LogP contribution in [0.3, 0.4) is 0 Å². The fourth-order valence-electron chi connectivity index (χ4n) is 1.93. The van der Waals surface area contributed by atoms with E-state index in [4.69, 9.17) is 4.74 Å². The largest absolute Gasteiger partial charge is 0.474 e. The van der Waals surface area contributed by atoms with Crippen LogP contribution in [0.25, 0.3) is 0 Å². The zero-order chi connectivity index (χ0) is 12.3. The van der Waals surface area contributed by atoms with Crippen LogP contribution >= 0.6 is 15.9 Å². The smallest absolute Gasteiger partial charge is 0.217 e. The minimum Gasteiger partial charge on any atom is -0.474 e. The van der Waals surface area contributed by atoms with Gasteiger partial charge in [-0.3, -0.25) is 0 Å². The Bertz CT molecular complexity index is 378. The van der Waals surface area contributed by atoms with Crippen molar-refractivity contribution in [3.8, 4) is 5.88 Å². The Morgan fingerprint density at radius 3 is 2.76 bits per heavy atom. The highest BCUT2D eigenvalue weighted by molar-refractivity contribution is 9.10. The predicted octanol–water partition coefficient (Wildman–Crippen LogP) is 2.27. The van der Waals surface area contributed by atoms with Crippen molar-refractivity contribution in [1.82, 2.24) is 14.9 Å². The minimum absolute atomic E-state index is 0.290. The van der Waals surface area contributed by atoms with E-state index in [0.29, 0.717) is 5.88 Å². The van der Waals surface area contributed by atoms with Gasteiger partial charge in [-0.15, -0.1) is 0 Å². The fourth-order valence-corrected chi connectivity index (χ4v) is 2.33. The molecule has 0 amide bonds. The Labute approximate surface area is 111 Å². The second kappa shape index (κ2) is 5.78. The van der Waals surface area contributed by atoms with Gasteiger partial charge >= 0.3 is 0 Å². The third-order valence-corrected chi connectivity index (χ3v) is 3.39. The standard InChI is InChI=1S/C12H18BrN3O/c1-3-11-14-10(13)8-12(15-11)17-9-4-6-16(2)7-5-9/h8-9H,3-7H2,1-2H3. The molecule has 1 aromatic heterocycles. The first kappa shape index (κ1) is 12.8. The van der Waals surface area contributed by atoms with Crippen molar-refractivity contribution >= 4 is 15.9 Å². The van der Waals surface area contributed by atoms with Gasteiger partial charge in [0.2, 0.25) is 5.88 Å². The zero-order valence-corrected chi connectivity index (χ0v) is 11.9. The lowest BCUT2D eigenvalue weighted by atomic mass is 10.1. The van der Waals surface area contributed by atoms with Gasteiger partial charge in [0.1, 0.15) is 16.5 Å². The van der Waals surface area contributed by atoms with Crippen LogP contribution in [0.5, 0.6) is 5.88 Å². The van der Waals surface area contributed by atoms with Crippen molar-refractivity contribution in [3.05, 3.63) is 16.5 Å². The highest BCUT2D eigenvalue weighted by atomic mass is 79.9. The minimum atomic E-state index is 0.290. The zero-order valence-electron chi connectivity index (χ0n) is 10.3. The molecule has 1 fully saturated rings. The molecule has 0 atom stereocenters. The molecule has 94 valence electrons. The Balaban J connectivity index is 2.00. The molecule has 2 heterocycles. The molecular weight excluding hydrogens is 282 g/mol. The highest BCUT2D eigenvalue weighted by Gasteiger charge is 2.18. The lowest BCUT2D eigenvalue weighted by molar-refractivity contribution is 0.109.